The van der Waals surface area contributed by atoms with E-state index < -0.39 is 6.10 Å². The molecule has 0 heterocycles. The Morgan fingerprint density at radius 1 is 1.25 bits per heavy atom. The van der Waals surface area contributed by atoms with Crippen molar-refractivity contribution < 1.29 is 9.50 Å². The number of aliphatic hydroxyl groups excluding tert-OH is 1. The van der Waals surface area contributed by atoms with E-state index in [-0.39, 0.29) is 5.82 Å². The van der Waals surface area contributed by atoms with Crippen molar-refractivity contribution >= 4 is 0 Å². The number of aliphatic hydroxyl groups is 1. The second kappa shape index (κ2) is 4.96. The van der Waals surface area contributed by atoms with Crippen LogP contribution in [0.3, 0.4) is 0 Å². The van der Waals surface area contributed by atoms with Crippen LogP contribution in [0.5, 0.6) is 0 Å². The van der Waals surface area contributed by atoms with Gasteiger partial charge in [-0.15, -0.1) is 0 Å². The fourth-order valence-corrected chi connectivity index (χ4v) is 2.70. The van der Waals surface area contributed by atoms with Crippen molar-refractivity contribution in [3.05, 3.63) is 35.6 Å². The van der Waals surface area contributed by atoms with E-state index in [0.29, 0.717) is 11.8 Å². The molecule has 16 heavy (non-hydrogen) atoms. The molecule has 0 saturated heterocycles. The molecule has 0 aliphatic heterocycles. The minimum absolute atomic E-state index is 0.243. The summed E-state index contributed by atoms with van der Waals surface area (Å²) in [7, 11) is 0. The van der Waals surface area contributed by atoms with Crippen LogP contribution < -0.4 is 0 Å². The highest BCUT2D eigenvalue weighted by atomic mass is 19.1. The Morgan fingerprint density at radius 2 is 1.94 bits per heavy atom. The number of benzene rings is 1. The second-order valence-corrected chi connectivity index (χ2v) is 5.03. The number of hydrogen-bond donors (Lipinski definition) is 1. The van der Waals surface area contributed by atoms with Gasteiger partial charge in [-0.1, -0.05) is 31.9 Å². The van der Waals surface area contributed by atoms with Crippen LogP contribution in [0.25, 0.3) is 0 Å². The Morgan fingerprint density at radius 3 is 2.56 bits per heavy atom. The smallest absolute Gasteiger partial charge is 0.123 e. The largest absolute Gasteiger partial charge is 0.388 e. The zero-order valence-electron chi connectivity index (χ0n) is 9.70. The summed E-state index contributed by atoms with van der Waals surface area (Å²) in [6.45, 7) is 2.24. The molecular weight excluding hydrogens is 203 g/mol. The summed E-state index contributed by atoms with van der Waals surface area (Å²) in [5.74, 6) is 0.802. The standard InChI is InChI=1S/C14H19FO/c1-10-3-2-4-12(9-10)14(16)11-5-7-13(15)8-6-11/h5-8,10,12,14,16H,2-4,9H2,1H3. The fraction of sp³-hybridized carbons (Fsp3) is 0.571. The second-order valence-electron chi connectivity index (χ2n) is 5.03. The Bertz CT molecular complexity index is 333. The Kier molecular flexibility index (Phi) is 3.59. The third kappa shape index (κ3) is 2.62. The zero-order chi connectivity index (χ0) is 11.5. The lowest BCUT2D eigenvalue weighted by Gasteiger charge is -2.30. The average molecular weight is 222 g/mol. The Balaban J connectivity index is 2.06. The highest BCUT2D eigenvalue weighted by Gasteiger charge is 2.26. The molecule has 1 aliphatic rings. The molecule has 2 rings (SSSR count). The van der Waals surface area contributed by atoms with Gasteiger partial charge >= 0.3 is 0 Å². The molecule has 2 heteroatoms. The Labute approximate surface area is 96.3 Å². The lowest BCUT2D eigenvalue weighted by atomic mass is 9.78. The van der Waals surface area contributed by atoms with Gasteiger partial charge in [0.2, 0.25) is 0 Å². The summed E-state index contributed by atoms with van der Waals surface area (Å²) in [4.78, 5) is 0. The van der Waals surface area contributed by atoms with Gasteiger partial charge in [0, 0.05) is 0 Å². The van der Waals surface area contributed by atoms with Gasteiger partial charge in [-0.2, -0.15) is 0 Å². The lowest BCUT2D eigenvalue weighted by Crippen LogP contribution is -2.20. The van der Waals surface area contributed by atoms with Crippen molar-refractivity contribution in [3.63, 3.8) is 0 Å². The number of hydrogen-bond acceptors (Lipinski definition) is 1. The SMILES string of the molecule is CC1CCCC(C(O)c2ccc(F)cc2)C1. The Hall–Kier alpha value is -0.890. The maximum Gasteiger partial charge on any atom is 0.123 e. The molecule has 0 bridgehead atoms. The van der Waals surface area contributed by atoms with Gasteiger partial charge in [-0.3, -0.25) is 0 Å². The van der Waals surface area contributed by atoms with Crippen LogP contribution in [0, 0.1) is 17.7 Å². The molecule has 1 aromatic rings. The van der Waals surface area contributed by atoms with Gasteiger partial charge in [-0.25, -0.2) is 4.39 Å². The van der Waals surface area contributed by atoms with Crippen LogP contribution >= 0.6 is 0 Å². The summed E-state index contributed by atoms with van der Waals surface area (Å²) >= 11 is 0. The van der Waals surface area contributed by atoms with Crippen LogP contribution in [0.1, 0.15) is 44.3 Å². The van der Waals surface area contributed by atoms with Crippen molar-refractivity contribution in [3.8, 4) is 0 Å². The minimum Gasteiger partial charge on any atom is -0.388 e. The molecule has 1 saturated carbocycles. The molecule has 1 fully saturated rings. The van der Waals surface area contributed by atoms with E-state index in [0.717, 1.165) is 18.4 Å². The van der Waals surface area contributed by atoms with Crippen LogP contribution in [-0.2, 0) is 0 Å². The summed E-state index contributed by atoms with van der Waals surface area (Å²) in [6, 6.07) is 6.23. The molecular formula is C14H19FO. The van der Waals surface area contributed by atoms with Gasteiger partial charge in [0.05, 0.1) is 6.10 Å². The van der Waals surface area contributed by atoms with Gasteiger partial charge in [0.1, 0.15) is 5.82 Å². The van der Waals surface area contributed by atoms with Gasteiger partial charge in [0.25, 0.3) is 0 Å². The summed E-state index contributed by atoms with van der Waals surface area (Å²) < 4.78 is 12.8. The quantitative estimate of drug-likeness (QED) is 0.809. The fourth-order valence-electron chi connectivity index (χ4n) is 2.70. The van der Waals surface area contributed by atoms with E-state index in [1.165, 1.54) is 25.0 Å². The molecule has 1 N–H and O–H groups in total. The average Bonchev–Trinajstić information content (AvgIpc) is 2.29. The van der Waals surface area contributed by atoms with Crippen molar-refractivity contribution in [1.82, 2.24) is 0 Å². The first-order valence-electron chi connectivity index (χ1n) is 6.10. The maximum absolute atomic E-state index is 12.8. The van der Waals surface area contributed by atoms with Crippen LogP contribution in [0.15, 0.2) is 24.3 Å². The minimum atomic E-state index is -0.427. The zero-order valence-corrected chi connectivity index (χ0v) is 9.70. The van der Waals surface area contributed by atoms with Gasteiger partial charge in [-0.05, 0) is 42.4 Å². The predicted molar refractivity (Wildman–Crippen MR) is 62.5 cm³/mol. The van der Waals surface area contributed by atoms with Crippen molar-refractivity contribution in [2.45, 2.75) is 38.7 Å². The molecule has 0 aromatic heterocycles. The first kappa shape index (κ1) is 11.6. The van der Waals surface area contributed by atoms with E-state index in [1.807, 2.05) is 0 Å². The topological polar surface area (TPSA) is 20.2 Å². The molecule has 0 amide bonds. The maximum atomic E-state index is 12.8. The third-order valence-electron chi connectivity index (χ3n) is 3.64. The molecule has 1 aromatic carbocycles. The molecule has 0 spiro atoms. The lowest BCUT2D eigenvalue weighted by molar-refractivity contribution is 0.0713. The molecule has 1 nitrogen and oxygen atoms in total. The number of halogens is 1. The molecule has 0 radical (unpaired) electrons. The first-order chi connectivity index (χ1) is 7.66. The highest BCUT2D eigenvalue weighted by Crippen LogP contribution is 2.36. The van der Waals surface area contributed by atoms with E-state index >= 15 is 0 Å². The normalized spacial score (nSPS) is 27.7. The van der Waals surface area contributed by atoms with Crippen LogP contribution in [0.2, 0.25) is 0 Å². The van der Waals surface area contributed by atoms with Crippen LogP contribution in [0.4, 0.5) is 4.39 Å². The summed E-state index contributed by atoms with van der Waals surface area (Å²) in [6.07, 6.45) is 4.21. The van der Waals surface area contributed by atoms with E-state index in [4.69, 9.17) is 0 Å². The monoisotopic (exact) mass is 222 g/mol. The predicted octanol–water partition coefficient (Wildman–Crippen LogP) is 3.69. The molecule has 88 valence electrons. The first-order valence-corrected chi connectivity index (χ1v) is 6.10. The molecule has 1 aliphatic carbocycles. The van der Waals surface area contributed by atoms with Crippen molar-refractivity contribution in [2.24, 2.45) is 11.8 Å². The van der Waals surface area contributed by atoms with E-state index in [9.17, 15) is 9.50 Å². The van der Waals surface area contributed by atoms with E-state index in [2.05, 4.69) is 6.92 Å². The number of rotatable bonds is 2. The molecule has 3 atom stereocenters. The van der Waals surface area contributed by atoms with Crippen molar-refractivity contribution in [2.75, 3.05) is 0 Å². The highest BCUT2D eigenvalue weighted by molar-refractivity contribution is 5.19. The van der Waals surface area contributed by atoms with Crippen molar-refractivity contribution in [1.29, 1.82) is 0 Å². The van der Waals surface area contributed by atoms with Gasteiger partial charge < -0.3 is 5.11 Å². The third-order valence-corrected chi connectivity index (χ3v) is 3.64. The summed E-state index contributed by atoms with van der Waals surface area (Å²) in [5, 5.41) is 10.2. The summed E-state index contributed by atoms with van der Waals surface area (Å²) in [5.41, 5.74) is 0.848. The molecule has 3 unspecified atom stereocenters. The van der Waals surface area contributed by atoms with Gasteiger partial charge in [0.15, 0.2) is 0 Å². The van der Waals surface area contributed by atoms with E-state index in [1.54, 1.807) is 12.1 Å². The van der Waals surface area contributed by atoms with Crippen LogP contribution in [-0.4, -0.2) is 5.11 Å².